The monoisotopic (exact) mass is 421 g/mol. The Balaban J connectivity index is 1.40. The largest absolute Gasteiger partial charge is 0.472 e. The first-order chi connectivity index (χ1) is 14.6. The van der Waals surface area contributed by atoms with Crippen molar-refractivity contribution in [2.24, 2.45) is 0 Å². The number of hydrogen-bond acceptors (Lipinski definition) is 6. The number of benzene rings is 1. The molecule has 1 saturated heterocycles. The zero-order valence-electron chi connectivity index (χ0n) is 17.0. The first-order valence-electron chi connectivity index (χ1n) is 10.1. The zero-order valence-corrected chi connectivity index (χ0v) is 17.9. The molecule has 1 amide bonds. The second-order valence-corrected chi connectivity index (χ2v) is 8.61. The van der Waals surface area contributed by atoms with Crippen molar-refractivity contribution in [1.82, 2.24) is 19.7 Å². The van der Waals surface area contributed by atoms with E-state index < -0.39 is 0 Å². The standard InChI is InChI=1S/C22H23N5O2S/c1-15-5-3-6-18(13-15)27-20-19(16(2)24-27)30-22(23-20)26-9-4-8-25(10-11-26)21(28)17-7-12-29-14-17/h3,5-7,12-14H,4,8-11H2,1-2H3. The van der Waals surface area contributed by atoms with E-state index in [2.05, 4.69) is 30.0 Å². The van der Waals surface area contributed by atoms with E-state index in [9.17, 15) is 4.79 Å². The van der Waals surface area contributed by atoms with E-state index in [4.69, 9.17) is 14.5 Å². The Bertz CT molecular complexity index is 1190. The predicted molar refractivity (Wildman–Crippen MR) is 118 cm³/mol. The Hall–Kier alpha value is -3.13. The number of nitrogens with zero attached hydrogens (tertiary/aromatic N) is 5. The molecule has 4 aromatic rings. The fourth-order valence-corrected chi connectivity index (χ4v) is 4.92. The molecule has 5 rings (SSSR count). The number of carbonyl (C=O) groups is 1. The molecule has 154 valence electrons. The third-order valence-electron chi connectivity index (χ3n) is 5.45. The average Bonchev–Trinajstić information content (AvgIpc) is 3.43. The van der Waals surface area contributed by atoms with Crippen molar-refractivity contribution in [3.8, 4) is 5.69 Å². The molecule has 1 aromatic carbocycles. The van der Waals surface area contributed by atoms with E-state index in [1.54, 1.807) is 23.7 Å². The molecular weight excluding hydrogens is 398 g/mol. The topological polar surface area (TPSA) is 67.4 Å². The summed E-state index contributed by atoms with van der Waals surface area (Å²) in [5, 5.41) is 5.70. The lowest BCUT2D eigenvalue weighted by Crippen LogP contribution is -2.35. The molecule has 30 heavy (non-hydrogen) atoms. The number of carbonyl (C=O) groups excluding carboxylic acids is 1. The third kappa shape index (κ3) is 3.37. The Morgan fingerprint density at radius 1 is 1.13 bits per heavy atom. The van der Waals surface area contributed by atoms with Crippen molar-refractivity contribution >= 4 is 32.7 Å². The van der Waals surface area contributed by atoms with Crippen LogP contribution in [-0.4, -0.2) is 51.8 Å². The third-order valence-corrected chi connectivity index (χ3v) is 6.66. The minimum atomic E-state index is 0.0285. The molecule has 1 aliphatic heterocycles. The number of fused-ring (bicyclic) bond motifs is 1. The van der Waals surface area contributed by atoms with Crippen LogP contribution in [0.25, 0.3) is 16.0 Å². The Kier molecular flexibility index (Phi) is 4.78. The molecular formula is C22H23N5O2S. The number of furan rings is 1. The number of aryl methyl sites for hydroxylation is 2. The molecule has 7 nitrogen and oxygen atoms in total. The second-order valence-electron chi connectivity index (χ2n) is 7.63. The second kappa shape index (κ2) is 7.60. The number of aromatic nitrogens is 3. The maximum Gasteiger partial charge on any atom is 0.257 e. The van der Waals surface area contributed by atoms with Gasteiger partial charge >= 0.3 is 0 Å². The van der Waals surface area contributed by atoms with Crippen LogP contribution in [0.2, 0.25) is 0 Å². The van der Waals surface area contributed by atoms with Crippen LogP contribution in [0, 0.1) is 13.8 Å². The molecule has 0 radical (unpaired) electrons. The minimum absolute atomic E-state index is 0.0285. The van der Waals surface area contributed by atoms with E-state index in [1.165, 1.54) is 11.8 Å². The number of hydrogen-bond donors (Lipinski definition) is 0. The van der Waals surface area contributed by atoms with Crippen LogP contribution in [0.1, 0.15) is 28.0 Å². The number of thiazole rings is 1. The summed E-state index contributed by atoms with van der Waals surface area (Å²) in [7, 11) is 0. The van der Waals surface area contributed by atoms with Crippen molar-refractivity contribution < 1.29 is 9.21 Å². The fourth-order valence-electron chi connectivity index (χ4n) is 3.88. The van der Waals surface area contributed by atoms with E-state index >= 15 is 0 Å². The van der Waals surface area contributed by atoms with Crippen molar-refractivity contribution in [1.29, 1.82) is 0 Å². The van der Waals surface area contributed by atoms with Crippen LogP contribution in [0.5, 0.6) is 0 Å². The van der Waals surface area contributed by atoms with Crippen molar-refractivity contribution in [3.05, 3.63) is 59.7 Å². The maximum atomic E-state index is 12.7. The van der Waals surface area contributed by atoms with Gasteiger partial charge in [0.15, 0.2) is 10.8 Å². The molecule has 3 aromatic heterocycles. The fraction of sp³-hybridized carbons (Fsp3) is 0.318. The Labute approximate surface area is 178 Å². The van der Waals surface area contributed by atoms with E-state index in [1.807, 2.05) is 22.6 Å². The minimum Gasteiger partial charge on any atom is -0.472 e. The lowest BCUT2D eigenvalue weighted by molar-refractivity contribution is 0.0766. The predicted octanol–water partition coefficient (Wildman–Crippen LogP) is 4.04. The van der Waals surface area contributed by atoms with Gasteiger partial charge in [0.2, 0.25) is 0 Å². The highest BCUT2D eigenvalue weighted by atomic mass is 32.1. The SMILES string of the molecule is Cc1cccc(-n2nc(C)c3sc(N4CCCN(C(=O)c5ccoc5)CC4)nc32)c1. The molecule has 0 N–H and O–H groups in total. The van der Waals surface area contributed by atoms with Gasteiger partial charge in [-0.2, -0.15) is 10.1 Å². The number of rotatable bonds is 3. The van der Waals surface area contributed by atoms with E-state index in [0.29, 0.717) is 12.1 Å². The van der Waals surface area contributed by atoms with Crippen molar-refractivity contribution in [2.75, 3.05) is 31.1 Å². The van der Waals surface area contributed by atoms with Crippen LogP contribution in [0.15, 0.2) is 47.3 Å². The van der Waals surface area contributed by atoms with Gasteiger partial charge in [0.25, 0.3) is 5.91 Å². The quantitative estimate of drug-likeness (QED) is 0.499. The molecule has 0 atom stereocenters. The molecule has 0 spiro atoms. The molecule has 0 unspecified atom stereocenters. The molecule has 0 saturated carbocycles. The molecule has 1 aliphatic rings. The van der Waals surface area contributed by atoms with Gasteiger partial charge in [0.05, 0.1) is 27.9 Å². The van der Waals surface area contributed by atoms with E-state index in [0.717, 1.165) is 52.9 Å². The van der Waals surface area contributed by atoms with Crippen LogP contribution in [0.3, 0.4) is 0 Å². The van der Waals surface area contributed by atoms with Gasteiger partial charge < -0.3 is 14.2 Å². The molecule has 4 heterocycles. The van der Waals surface area contributed by atoms with Gasteiger partial charge in [-0.25, -0.2) is 4.68 Å². The van der Waals surface area contributed by atoms with Crippen molar-refractivity contribution in [2.45, 2.75) is 20.3 Å². The number of amides is 1. The summed E-state index contributed by atoms with van der Waals surface area (Å²) in [6.45, 7) is 7.16. The van der Waals surface area contributed by atoms with Crippen molar-refractivity contribution in [3.63, 3.8) is 0 Å². The molecule has 0 bridgehead atoms. The van der Waals surface area contributed by atoms with Gasteiger partial charge in [-0.3, -0.25) is 4.79 Å². The lowest BCUT2D eigenvalue weighted by Gasteiger charge is -2.21. The summed E-state index contributed by atoms with van der Waals surface area (Å²) in [6, 6.07) is 10.0. The Morgan fingerprint density at radius 3 is 2.83 bits per heavy atom. The van der Waals surface area contributed by atoms with Gasteiger partial charge in [-0.1, -0.05) is 23.5 Å². The van der Waals surface area contributed by atoms with Gasteiger partial charge in [0, 0.05) is 26.2 Å². The highest BCUT2D eigenvalue weighted by molar-refractivity contribution is 7.22. The highest BCUT2D eigenvalue weighted by Gasteiger charge is 2.24. The van der Waals surface area contributed by atoms with E-state index in [-0.39, 0.29) is 5.91 Å². The van der Waals surface area contributed by atoms with Crippen LogP contribution >= 0.6 is 11.3 Å². The van der Waals surface area contributed by atoms with Gasteiger partial charge in [-0.15, -0.1) is 0 Å². The van der Waals surface area contributed by atoms with Crippen LogP contribution in [0.4, 0.5) is 5.13 Å². The normalized spacial score (nSPS) is 15.0. The summed E-state index contributed by atoms with van der Waals surface area (Å²) in [5.74, 6) is 0.0285. The van der Waals surface area contributed by atoms with Crippen LogP contribution < -0.4 is 4.90 Å². The van der Waals surface area contributed by atoms with Gasteiger partial charge in [-0.05, 0) is 44.0 Å². The molecule has 0 aliphatic carbocycles. The maximum absolute atomic E-state index is 12.7. The Morgan fingerprint density at radius 2 is 2.03 bits per heavy atom. The number of anilines is 1. The summed E-state index contributed by atoms with van der Waals surface area (Å²) in [4.78, 5) is 21.8. The van der Waals surface area contributed by atoms with Crippen LogP contribution in [-0.2, 0) is 0 Å². The smallest absolute Gasteiger partial charge is 0.257 e. The summed E-state index contributed by atoms with van der Waals surface area (Å²) >= 11 is 1.68. The zero-order chi connectivity index (χ0) is 20.7. The first kappa shape index (κ1) is 18.9. The van der Waals surface area contributed by atoms with Gasteiger partial charge in [0.1, 0.15) is 6.26 Å². The molecule has 1 fully saturated rings. The summed E-state index contributed by atoms with van der Waals surface area (Å²) in [6.07, 6.45) is 3.96. The highest BCUT2D eigenvalue weighted by Crippen LogP contribution is 2.33. The first-order valence-corrected chi connectivity index (χ1v) is 10.9. The average molecular weight is 422 g/mol. The lowest BCUT2D eigenvalue weighted by atomic mass is 10.2. The summed E-state index contributed by atoms with van der Waals surface area (Å²) < 4.78 is 8.11. The summed E-state index contributed by atoms with van der Waals surface area (Å²) in [5.41, 5.74) is 4.71. The molecule has 8 heteroatoms.